The molecule has 2 nitrogen and oxygen atoms in total. The van der Waals surface area contributed by atoms with E-state index in [9.17, 15) is 0 Å². The SMILES string of the molecule is CO[Si](CC1C=Cc2ccccc21)OC. The molecule has 0 spiro atoms. The Labute approximate surface area is 92.4 Å². The zero-order valence-corrected chi connectivity index (χ0v) is 10.1. The van der Waals surface area contributed by atoms with E-state index in [2.05, 4.69) is 36.4 Å². The average Bonchev–Trinajstić information content (AvgIpc) is 2.69. The largest absolute Gasteiger partial charge is 0.397 e. The van der Waals surface area contributed by atoms with E-state index in [-0.39, 0.29) is 0 Å². The molecule has 3 heteroatoms. The molecule has 0 N–H and O–H groups in total. The van der Waals surface area contributed by atoms with Crippen LogP contribution in [-0.4, -0.2) is 23.5 Å². The third-order valence-electron chi connectivity index (χ3n) is 2.75. The van der Waals surface area contributed by atoms with Crippen molar-refractivity contribution in [3.63, 3.8) is 0 Å². The molecule has 0 saturated heterocycles. The van der Waals surface area contributed by atoms with Gasteiger partial charge in [-0.3, -0.25) is 0 Å². The Kier molecular flexibility index (Phi) is 3.36. The van der Waals surface area contributed by atoms with E-state index < -0.39 is 9.28 Å². The summed E-state index contributed by atoms with van der Waals surface area (Å²) in [6.07, 6.45) is 4.43. The van der Waals surface area contributed by atoms with Crippen LogP contribution < -0.4 is 0 Å². The third-order valence-corrected chi connectivity index (χ3v) is 4.43. The van der Waals surface area contributed by atoms with Crippen molar-refractivity contribution in [2.75, 3.05) is 14.2 Å². The van der Waals surface area contributed by atoms with Crippen molar-refractivity contribution in [1.82, 2.24) is 0 Å². The summed E-state index contributed by atoms with van der Waals surface area (Å²) in [7, 11) is 2.35. The van der Waals surface area contributed by atoms with E-state index >= 15 is 0 Å². The van der Waals surface area contributed by atoms with Gasteiger partial charge in [-0.15, -0.1) is 0 Å². The summed E-state index contributed by atoms with van der Waals surface area (Å²) in [6.45, 7) is 0. The third kappa shape index (κ3) is 2.20. The molecule has 0 heterocycles. The molecular formula is C12H15O2Si. The Morgan fingerprint density at radius 3 is 2.67 bits per heavy atom. The smallest absolute Gasteiger partial charge is 0.384 e. The van der Waals surface area contributed by atoms with Gasteiger partial charge >= 0.3 is 9.28 Å². The Morgan fingerprint density at radius 1 is 1.20 bits per heavy atom. The molecule has 79 valence electrons. The second-order valence-electron chi connectivity index (χ2n) is 3.58. The average molecular weight is 219 g/mol. The summed E-state index contributed by atoms with van der Waals surface area (Å²) in [4.78, 5) is 0. The Balaban J connectivity index is 2.11. The number of hydrogen-bond acceptors (Lipinski definition) is 2. The summed E-state index contributed by atoms with van der Waals surface area (Å²) >= 11 is 0. The van der Waals surface area contributed by atoms with Gasteiger partial charge in [-0.05, 0) is 11.1 Å². The number of fused-ring (bicyclic) bond motifs is 1. The lowest BCUT2D eigenvalue weighted by atomic mass is 10.0. The molecule has 1 radical (unpaired) electrons. The number of benzene rings is 1. The summed E-state index contributed by atoms with van der Waals surface area (Å²) in [5, 5.41) is 0. The summed E-state index contributed by atoms with van der Waals surface area (Å²) in [6, 6.07) is 9.47. The van der Waals surface area contributed by atoms with Crippen molar-refractivity contribution in [2.45, 2.75) is 12.0 Å². The van der Waals surface area contributed by atoms with Crippen LogP contribution in [0.5, 0.6) is 0 Å². The highest BCUT2D eigenvalue weighted by molar-refractivity contribution is 6.44. The van der Waals surface area contributed by atoms with E-state index in [4.69, 9.17) is 8.85 Å². The molecule has 0 aliphatic heterocycles. The fourth-order valence-electron chi connectivity index (χ4n) is 1.93. The van der Waals surface area contributed by atoms with Gasteiger partial charge in [0.2, 0.25) is 0 Å². The minimum Gasteiger partial charge on any atom is -0.397 e. The number of hydrogen-bond donors (Lipinski definition) is 0. The fraction of sp³-hybridized carbons (Fsp3) is 0.333. The topological polar surface area (TPSA) is 18.5 Å². The van der Waals surface area contributed by atoms with Crippen LogP contribution in [0.2, 0.25) is 6.04 Å². The van der Waals surface area contributed by atoms with Crippen molar-refractivity contribution >= 4 is 15.4 Å². The van der Waals surface area contributed by atoms with Crippen LogP contribution >= 0.6 is 0 Å². The maximum absolute atomic E-state index is 5.32. The number of allylic oxidation sites excluding steroid dienone is 1. The highest BCUT2D eigenvalue weighted by Crippen LogP contribution is 2.33. The summed E-state index contributed by atoms with van der Waals surface area (Å²) < 4.78 is 10.6. The first-order valence-corrected chi connectivity index (χ1v) is 6.58. The van der Waals surface area contributed by atoms with Crippen LogP contribution in [0.3, 0.4) is 0 Å². The first kappa shape index (κ1) is 10.6. The first-order valence-electron chi connectivity index (χ1n) is 5.06. The molecule has 1 unspecified atom stereocenters. The van der Waals surface area contributed by atoms with Crippen molar-refractivity contribution < 1.29 is 8.85 Å². The van der Waals surface area contributed by atoms with Crippen molar-refractivity contribution in [2.24, 2.45) is 0 Å². The van der Waals surface area contributed by atoms with Gasteiger partial charge in [0.25, 0.3) is 0 Å². The molecule has 0 bridgehead atoms. The van der Waals surface area contributed by atoms with Gasteiger partial charge in [-0.2, -0.15) is 0 Å². The van der Waals surface area contributed by atoms with E-state index in [1.165, 1.54) is 11.1 Å². The van der Waals surface area contributed by atoms with Crippen LogP contribution in [0, 0.1) is 0 Å². The zero-order chi connectivity index (χ0) is 10.7. The lowest BCUT2D eigenvalue weighted by Crippen LogP contribution is -2.21. The van der Waals surface area contributed by atoms with Gasteiger partial charge < -0.3 is 8.85 Å². The maximum atomic E-state index is 5.32. The monoisotopic (exact) mass is 219 g/mol. The van der Waals surface area contributed by atoms with E-state index in [0.717, 1.165) is 6.04 Å². The quantitative estimate of drug-likeness (QED) is 0.725. The molecule has 1 aromatic carbocycles. The molecule has 0 fully saturated rings. The van der Waals surface area contributed by atoms with E-state index in [1.54, 1.807) is 14.2 Å². The first-order chi connectivity index (χ1) is 7.35. The normalized spacial score (nSPS) is 18.5. The molecule has 1 aliphatic carbocycles. The summed E-state index contributed by atoms with van der Waals surface area (Å²) in [5.41, 5.74) is 2.73. The Morgan fingerprint density at radius 2 is 1.93 bits per heavy atom. The molecule has 0 aromatic heterocycles. The van der Waals surface area contributed by atoms with Crippen LogP contribution in [0.1, 0.15) is 17.0 Å². The molecule has 1 atom stereocenters. The molecule has 1 aliphatic rings. The molecule has 2 rings (SSSR count). The van der Waals surface area contributed by atoms with Gasteiger partial charge in [0.1, 0.15) is 0 Å². The molecule has 1 aromatic rings. The van der Waals surface area contributed by atoms with Crippen molar-refractivity contribution in [1.29, 1.82) is 0 Å². The minimum absolute atomic E-state index is 0.468. The standard InChI is InChI=1S/C12H15O2Si/c1-13-15(14-2)9-11-8-7-10-5-3-4-6-12(10)11/h3-8,11H,9H2,1-2H3. The Bertz CT molecular complexity index is 358. The zero-order valence-electron chi connectivity index (χ0n) is 9.07. The van der Waals surface area contributed by atoms with Crippen LogP contribution in [0.25, 0.3) is 6.08 Å². The number of rotatable bonds is 4. The second kappa shape index (κ2) is 4.75. The predicted molar refractivity (Wildman–Crippen MR) is 62.8 cm³/mol. The molecule has 15 heavy (non-hydrogen) atoms. The van der Waals surface area contributed by atoms with Crippen LogP contribution in [-0.2, 0) is 8.85 Å². The highest BCUT2D eigenvalue weighted by atomic mass is 28.3. The van der Waals surface area contributed by atoms with E-state index in [1.807, 2.05) is 0 Å². The maximum Gasteiger partial charge on any atom is 0.384 e. The molecule has 0 saturated carbocycles. The van der Waals surface area contributed by atoms with E-state index in [0.29, 0.717) is 5.92 Å². The van der Waals surface area contributed by atoms with Gasteiger partial charge in [-0.1, -0.05) is 36.4 Å². The van der Waals surface area contributed by atoms with Crippen LogP contribution in [0.15, 0.2) is 30.3 Å². The highest BCUT2D eigenvalue weighted by Gasteiger charge is 2.23. The fourth-order valence-corrected chi connectivity index (χ4v) is 3.15. The summed E-state index contributed by atoms with van der Waals surface area (Å²) in [5.74, 6) is 0.468. The molecule has 0 amide bonds. The lowest BCUT2D eigenvalue weighted by Gasteiger charge is -2.14. The second-order valence-corrected chi connectivity index (χ2v) is 5.55. The van der Waals surface area contributed by atoms with Crippen LogP contribution in [0.4, 0.5) is 0 Å². The van der Waals surface area contributed by atoms with Gasteiger partial charge in [0.15, 0.2) is 0 Å². The minimum atomic E-state index is -1.10. The van der Waals surface area contributed by atoms with Crippen molar-refractivity contribution in [3.05, 3.63) is 41.5 Å². The van der Waals surface area contributed by atoms with Gasteiger partial charge in [-0.25, -0.2) is 0 Å². The lowest BCUT2D eigenvalue weighted by molar-refractivity contribution is 0.276. The predicted octanol–water partition coefficient (Wildman–Crippen LogP) is 2.58. The van der Waals surface area contributed by atoms with Gasteiger partial charge in [0.05, 0.1) is 0 Å². The van der Waals surface area contributed by atoms with Gasteiger partial charge in [0, 0.05) is 26.2 Å². The van der Waals surface area contributed by atoms with Crippen molar-refractivity contribution in [3.8, 4) is 0 Å². The Hall–Kier alpha value is -0.903. The molecular weight excluding hydrogens is 204 g/mol.